The summed E-state index contributed by atoms with van der Waals surface area (Å²) in [6.07, 6.45) is 2.32. The van der Waals surface area contributed by atoms with Crippen molar-refractivity contribution in [2.75, 3.05) is 20.8 Å². The fourth-order valence-corrected chi connectivity index (χ4v) is 3.57. The molecule has 0 aliphatic carbocycles. The first-order valence-electron chi connectivity index (χ1n) is 11.9. The monoisotopic (exact) mass is 518 g/mol. The lowest BCUT2D eigenvalue weighted by atomic mass is 10.0. The highest BCUT2D eigenvalue weighted by Crippen LogP contribution is 2.29. The molecule has 0 bridgehead atoms. The Morgan fingerprint density at radius 1 is 0.842 bits per heavy atom. The summed E-state index contributed by atoms with van der Waals surface area (Å²) in [5.41, 5.74) is 7.60. The zero-order valence-electron chi connectivity index (χ0n) is 21.5. The first-order chi connectivity index (χ1) is 18.3. The number of ether oxygens (including phenoxy) is 4. The average Bonchev–Trinajstić information content (AvgIpc) is 2.91. The molecule has 9 heteroatoms. The Morgan fingerprint density at radius 3 is 1.95 bits per heavy atom. The minimum absolute atomic E-state index is 0.142. The van der Waals surface area contributed by atoms with Gasteiger partial charge in [0.15, 0.2) is 0 Å². The van der Waals surface area contributed by atoms with Crippen LogP contribution in [0.4, 0.5) is 4.79 Å². The van der Waals surface area contributed by atoms with Crippen LogP contribution in [0.3, 0.4) is 0 Å². The molecule has 198 valence electrons. The second-order valence-corrected chi connectivity index (χ2v) is 8.11. The average molecular weight is 519 g/mol. The van der Waals surface area contributed by atoms with Gasteiger partial charge in [0, 0.05) is 12.5 Å². The number of benzene rings is 3. The van der Waals surface area contributed by atoms with Crippen molar-refractivity contribution in [3.63, 3.8) is 0 Å². The smallest absolute Gasteiger partial charge is 0.338 e. The number of primary amides is 1. The number of methoxy groups -OCH3 is 2. The summed E-state index contributed by atoms with van der Waals surface area (Å²) in [7, 11) is 3.12. The quantitative estimate of drug-likeness (QED) is 0.214. The molecule has 3 aromatic carbocycles. The van der Waals surface area contributed by atoms with Gasteiger partial charge in [-0.2, -0.15) is 0 Å². The van der Waals surface area contributed by atoms with E-state index >= 15 is 0 Å². The van der Waals surface area contributed by atoms with E-state index in [-0.39, 0.29) is 13.0 Å². The molecule has 38 heavy (non-hydrogen) atoms. The molecule has 0 saturated carbocycles. The number of imide groups is 1. The maximum absolute atomic E-state index is 12.8. The van der Waals surface area contributed by atoms with Crippen molar-refractivity contribution >= 4 is 29.6 Å². The molecule has 0 saturated heterocycles. The van der Waals surface area contributed by atoms with Crippen molar-refractivity contribution < 1.29 is 33.3 Å². The zero-order valence-corrected chi connectivity index (χ0v) is 21.5. The zero-order chi connectivity index (χ0) is 27.5. The first-order valence-corrected chi connectivity index (χ1v) is 11.9. The Kier molecular flexibility index (Phi) is 9.87. The fraction of sp³-hybridized carbons (Fsp3) is 0.207. The third-order valence-electron chi connectivity index (χ3n) is 5.41. The fourth-order valence-electron chi connectivity index (χ4n) is 3.57. The minimum atomic E-state index is -0.866. The van der Waals surface area contributed by atoms with Gasteiger partial charge in [-0.1, -0.05) is 24.3 Å². The second-order valence-electron chi connectivity index (χ2n) is 8.11. The number of hydrogen-bond donors (Lipinski definition) is 2. The third-order valence-corrected chi connectivity index (χ3v) is 5.41. The molecule has 3 N–H and O–H groups in total. The van der Waals surface area contributed by atoms with Crippen LogP contribution in [0.1, 0.15) is 30.0 Å². The number of carbonyl (C=O) groups excluding carboxylic acids is 3. The van der Waals surface area contributed by atoms with Gasteiger partial charge >= 0.3 is 12.0 Å². The van der Waals surface area contributed by atoms with Crippen LogP contribution in [-0.4, -0.2) is 38.7 Å². The maximum Gasteiger partial charge on any atom is 0.338 e. The van der Waals surface area contributed by atoms with E-state index in [1.165, 1.54) is 0 Å². The molecule has 0 aliphatic rings. The molecule has 3 aromatic rings. The Labute approximate surface area is 221 Å². The van der Waals surface area contributed by atoms with Crippen LogP contribution in [0.5, 0.6) is 23.0 Å². The topological polar surface area (TPSA) is 126 Å². The van der Waals surface area contributed by atoms with Crippen molar-refractivity contribution in [3.05, 3.63) is 83.4 Å². The van der Waals surface area contributed by atoms with Crippen LogP contribution in [0.15, 0.2) is 66.7 Å². The number of carbonyl (C=O) groups is 3. The van der Waals surface area contributed by atoms with Crippen LogP contribution in [-0.2, 0) is 20.7 Å². The molecular formula is C29H30N2O7. The standard InChI is InChI=1S/C29H30N2O7/c1-4-37-28(33)26(17-20-15-24(35-2)18-25(16-20)36-3)21-8-12-23(13-9-21)38-22-10-5-19(6-11-22)7-14-27(32)31-29(30)34/h5-6,8-13,15-18H,4,7,14H2,1-3H3,(H3,30,31,32,34). The number of nitrogens with one attached hydrogen (secondary N) is 1. The highest BCUT2D eigenvalue weighted by Gasteiger charge is 2.15. The largest absolute Gasteiger partial charge is 0.497 e. The summed E-state index contributed by atoms with van der Waals surface area (Å²) in [4.78, 5) is 35.1. The Bertz CT molecular complexity index is 1280. The number of urea groups is 1. The third kappa shape index (κ3) is 8.12. The van der Waals surface area contributed by atoms with Gasteiger partial charge in [-0.25, -0.2) is 9.59 Å². The lowest BCUT2D eigenvalue weighted by molar-refractivity contribution is -0.136. The highest BCUT2D eigenvalue weighted by atomic mass is 16.5. The molecule has 0 heterocycles. The van der Waals surface area contributed by atoms with Crippen LogP contribution >= 0.6 is 0 Å². The van der Waals surface area contributed by atoms with Gasteiger partial charge in [0.2, 0.25) is 5.91 Å². The van der Waals surface area contributed by atoms with Gasteiger partial charge in [-0.05, 0) is 72.5 Å². The number of esters is 1. The molecule has 0 spiro atoms. The molecule has 0 fully saturated rings. The molecule has 3 rings (SSSR count). The summed E-state index contributed by atoms with van der Waals surface area (Å²) in [6, 6.07) is 18.8. The summed E-state index contributed by atoms with van der Waals surface area (Å²) in [5, 5.41) is 2.04. The lowest BCUT2D eigenvalue weighted by Crippen LogP contribution is -2.35. The van der Waals surface area contributed by atoms with Crippen LogP contribution < -0.4 is 25.3 Å². The maximum atomic E-state index is 12.8. The van der Waals surface area contributed by atoms with Crippen LogP contribution in [0.2, 0.25) is 0 Å². The number of rotatable bonds is 11. The molecule has 0 radical (unpaired) electrons. The Hall–Kier alpha value is -4.79. The predicted molar refractivity (Wildman–Crippen MR) is 143 cm³/mol. The summed E-state index contributed by atoms with van der Waals surface area (Å²) < 4.78 is 21.9. The van der Waals surface area contributed by atoms with Gasteiger partial charge in [-0.15, -0.1) is 0 Å². The minimum Gasteiger partial charge on any atom is -0.497 e. The number of hydrogen-bond acceptors (Lipinski definition) is 7. The molecule has 3 amide bonds. The van der Waals surface area contributed by atoms with E-state index in [4.69, 9.17) is 24.7 Å². The lowest BCUT2D eigenvalue weighted by Gasteiger charge is -2.11. The summed E-state index contributed by atoms with van der Waals surface area (Å²) in [5.74, 6) is 1.49. The highest BCUT2D eigenvalue weighted by molar-refractivity contribution is 6.21. The molecule has 0 unspecified atom stereocenters. The van der Waals surface area contributed by atoms with E-state index in [1.54, 1.807) is 81.8 Å². The van der Waals surface area contributed by atoms with E-state index in [2.05, 4.69) is 0 Å². The number of amides is 3. The summed E-state index contributed by atoms with van der Waals surface area (Å²) >= 11 is 0. The van der Waals surface area contributed by atoms with Gasteiger partial charge in [-0.3, -0.25) is 10.1 Å². The Balaban J connectivity index is 1.75. The van der Waals surface area contributed by atoms with Crippen molar-refractivity contribution in [1.29, 1.82) is 0 Å². The molecular weight excluding hydrogens is 488 g/mol. The van der Waals surface area contributed by atoms with Crippen molar-refractivity contribution in [3.8, 4) is 23.0 Å². The van der Waals surface area contributed by atoms with Gasteiger partial charge in [0.1, 0.15) is 23.0 Å². The van der Waals surface area contributed by atoms with Gasteiger partial charge < -0.3 is 24.7 Å². The summed E-state index contributed by atoms with van der Waals surface area (Å²) in [6.45, 7) is 1.99. The normalized spacial score (nSPS) is 10.9. The molecule has 0 atom stereocenters. The van der Waals surface area contributed by atoms with E-state index in [0.717, 1.165) is 11.1 Å². The van der Waals surface area contributed by atoms with Crippen LogP contribution in [0.25, 0.3) is 11.6 Å². The van der Waals surface area contributed by atoms with E-state index in [1.807, 2.05) is 17.4 Å². The van der Waals surface area contributed by atoms with E-state index in [9.17, 15) is 14.4 Å². The van der Waals surface area contributed by atoms with Crippen molar-refractivity contribution in [2.45, 2.75) is 19.8 Å². The predicted octanol–water partition coefficient (Wildman–Crippen LogP) is 4.73. The van der Waals surface area contributed by atoms with Crippen molar-refractivity contribution in [1.82, 2.24) is 5.32 Å². The van der Waals surface area contributed by atoms with Crippen molar-refractivity contribution in [2.24, 2.45) is 5.73 Å². The SMILES string of the molecule is CCOC(=O)C(=Cc1cc(OC)cc(OC)c1)c1ccc(Oc2ccc(CCC(=O)NC(N)=O)cc2)cc1. The van der Waals surface area contributed by atoms with E-state index in [0.29, 0.717) is 40.6 Å². The molecule has 0 aromatic heterocycles. The molecule has 0 aliphatic heterocycles. The number of nitrogens with two attached hydrogens (primary N) is 1. The van der Waals surface area contributed by atoms with Gasteiger partial charge in [0.25, 0.3) is 0 Å². The first kappa shape index (κ1) is 27.8. The number of aryl methyl sites for hydroxylation is 1. The second kappa shape index (κ2) is 13.5. The molecule has 9 nitrogen and oxygen atoms in total. The Morgan fingerprint density at radius 2 is 1.42 bits per heavy atom. The van der Waals surface area contributed by atoms with E-state index < -0.39 is 17.9 Å². The van der Waals surface area contributed by atoms with Gasteiger partial charge in [0.05, 0.1) is 26.4 Å². The van der Waals surface area contributed by atoms with Crippen LogP contribution in [0, 0.1) is 0 Å².